The fourth-order valence-electron chi connectivity index (χ4n) is 2.68. The Morgan fingerprint density at radius 1 is 1.09 bits per heavy atom. The highest BCUT2D eigenvalue weighted by atomic mass is 16.6. The Balaban J connectivity index is 1.96. The average molecular weight is 304 g/mol. The van der Waals surface area contributed by atoms with Gasteiger partial charge in [0, 0.05) is 22.9 Å². The number of fused-ring (bicyclic) bond motifs is 2. The number of nitro benzene ring substituents is 1. The standard InChI is InChI=1S/C17H12N4O2/c1-11-15-10-12-4-2-3-5-16(12)18-17(15)20(19-11)13-6-8-14(9-7-13)21(22)23/h2-10H,1H3. The van der Waals surface area contributed by atoms with Gasteiger partial charge in [-0.2, -0.15) is 5.10 Å². The normalized spacial score (nSPS) is 11.2. The van der Waals surface area contributed by atoms with Crippen LogP contribution in [0, 0.1) is 17.0 Å². The lowest BCUT2D eigenvalue weighted by Gasteiger charge is -2.03. The summed E-state index contributed by atoms with van der Waals surface area (Å²) in [7, 11) is 0. The Labute approximate surface area is 131 Å². The molecule has 4 rings (SSSR count). The van der Waals surface area contributed by atoms with Crippen LogP contribution in [0.3, 0.4) is 0 Å². The first-order chi connectivity index (χ1) is 11.1. The number of para-hydroxylation sites is 1. The summed E-state index contributed by atoms with van der Waals surface area (Å²) in [6, 6.07) is 16.3. The summed E-state index contributed by atoms with van der Waals surface area (Å²) in [5, 5.41) is 17.4. The van der Waals surface area contributed by atoms with Gasteiger partial charge in [0.25, 0.3) is 5.69 Å². The molecule has 2 heterocycles. The smallest absolute Gasteiger partial charge is 0.258 e. The van der Waals surface area contributed by atoms with E-state index in [1.54, 1.807) is 16.8 Å². The van der Waals surface area contributed by atoms with Crippen LogP contribution >= 0.6 is 0 Å². The monoisotopic (exact) mass is 304 g/mol. The van der Waals surface area contributed by atoms with Crippen LogP contribution in [-0.2, 0) is 0 Å². The quantitative estimate of drug-likeness (QED) is 0.417. The van der Waals surface area contributed by atoms with Gasteiger partial charge in [-0.25, -0.2) is 9.67 Å². The molecule has 0 aliphatic rings. The van der Waals surface area contributed by atoms with Gasteiger partial charge in [-0.3, -0.25) is 10.1 Å². The molecular weight excluding hydrogens is 292 g/mol. The van der Waals surface area contributed by atoms with E-state index < -0.39 is 4.92 Å². The second-order valence-corrected chi connectivity index (χ2v) is 5.32. The molecule has 112 valence electrons. The summed E-state index contributed by atoms with van der Waals surface area (Å²) in [6.45, 7) is 1.93. The Morgan fingerprint density at radius 2 is 1.83 bits per heavy atom. The fraction of sp³-hybridized carbons (Fsp3) is 0.0588. The molecule has 0 fully saturated rings. The van der Waals surface area contributed by atoms with Crippen LogP contribution in [0.1, 0.15) is 5.69 Å². The molecular formula is C17H12N4O2. The zero-order chi connectivity index (χ0) is 16.0. The minimum absolute atomic E-state index is 0.0559. The van der Waals surface area contributed by atoms with Gasteiger partial charge in [0.05, 0.1) is 21.8 Å². The molecule has 0 radical (unpaired) electrons. The maximum atomic E-state index is 10.8. The number of hydrogen-bond donors (Lipinski definition) is 0. The van der Waals surface area contributed by atoms with E-state index in [1.807, 2.05) is 31.2 Å². The van der Waals surface area contributed by atoms with Gasteiger partial charge < -0.3 is 0 Å². The lowest BCUT2D eigenvalue weighted by Crippen LogP contribution is -1.98. The number of aromatic nitrogens is 3. The van der Waals surface area contributed by atoms with Crippen molar-refractivity contribution in [1.82, 2.24) is 14.8 Å². The van der Waals surface area contributed by atoms with Crippen LogP contribution in [0.25, 0.3) is 27.6 Å². The number of aryl methyl sites for hydroxylation is 1. The zero-order valence-corrected chi connectivity index (χ0v) is 12.3. The maximum Gasteiger partial charge on any atom is 0.269 e. The molecule has 0 atom stereocenters. The van der Waals surface area contributed by atoms with Crippen molar-refractivity contribution in [2.24, 2.45) is 0 Å². The number of rotatable bonds is 2. The number of benzene rings is 2. The molecule has 0 spiro atoms. The van der Waals surface area contributed by atoms with Crippen molar-refractivity contribution in [1.29, 1.82) is 0 Å². The summed E-state index contributed by atoms with van der Waals surface area (Å²) in [5.41, 5.74) is 3.31. The molecule has 23 heavy (non-hydrogen) atoms. The number of non-ortho nitro benzene ring substituents is 1. The van der Waals surface area contributed by atoms with Crippen molar-refractivity contribution in [2.45, 2.75) is 6.92 Å². The van der Waals surface area contributed by atoms with Crippen molar-refractivity contribution in [2.75, 3.05) is 0 Å². The predicted octanol–water partition coefficient (Wildman–Crippen LogP) is 3.79. The topological polar surface area (TPSA) is 73.8 Å². The molecule has 6 heteroatoms. The number of nitro groups is 1. The lowest BCUT2D eigenvalue weighted by molar-refractivity contribution is -0.384. The highest BCUT2D eigenvalue weighted by Gasteiger charge is 2.13. The third-order valence-corrected chi connectivity index (χ3v) is 3.85. The van der Waals surface area contributed by atoms with Crippen molar-refractivity contribution in [3.8, 4) is 5.69 Å². The highest BCUT2D eigenvalue weighted by Crippen LogP contribution is 2.25. The van der Waals surface area contributed by atoms with Crippen LogP contribution in [0.4, 0.5) is 5.69 Å². The zero-order valence-electron chi connectivity index (χ0n) is 12.3. The third kappa shape index (κ3) is 2.12. The van der Waals surface area contributed by atoms with Crippen LogP contribution in [0.2, 0.25) is 0 Å². The molecule has 2 aromatic carbocycles. The Morgan fingerprint density at radius 3 is 2.57 bits per heavy atom. The van der Waals surface area contributed by atoms with Gasteiger partial charge >= 0.3 is 0 Å². The SMILES string of the molecule is Cc1nn(-c2ccc([N+](=O)[O-])cc2)c2nc3ccccc3cc12. The minimum atomic E-state index is -0.415. The Hall–Kier alpha value is -3.28. The van der Waals surface area contributed by atoms with Crippen LogP contribution in [0.5, 0.6) is 0 Å². The van der Waals surface area contributed by atoms with Crippen molar-refractivity contribution in [3.63, 3.8) is 0 Å². The van der Waals surface area contributed by atoms with E-state index >= 15 is 0 Å². The number of hydrogen-bond acceptors (Lipinski definition) is 4. The molecule has 0 amide bonds. The van der Waals surface area contributed by atoms with E-state index in [-0.39, 0.29) is 5.69 Å². The lowest BCUT2D eigenvalue weighted by atomic mass is 10.1. The molecule has 0 saturated heterocycles. The summed E-state index contributed by atoms with van der Waals surface area (Å²) in [5.74, 6) is 0. The summed E-state index contributed by atoms with van der Waals surface area (Å²) >= 11 is 0. The molecule has 2 aromatic heterocycles. The molecule has 0 aliphatic heterocycles. The van der Waals surface area contributed by atoms with Crippen molar-refractivity contribution >= 4 is 27.6 Å². The van der Waals surface area contributed by atoms with Gasteiger partial charge in [-0.05, 0) is 31.2 Å². The minimum Gasteiger partial charge on any atom is -0.258 e. The van der Waals surface area contributed by atoms with E-state index in [4.69, 9.17) is 4.98 Å². The average Bonchev–Trinajstić information content (AvgIpc) is 2.89. The highest BCUT2D eigenvalue weighted by molar-refractivity contribution is 5.93. The van der Waals surface area contributed by atoms with Crippen LogP contribution in [-0.4, -0.2) is 19.7 Å². The third-order valence-electron chi connectivity index (χ3n) is 3.85. The molecule has 6 nitrogen and oxygen atoms in total. The van der Waals surface area contributed by atoms with Gasteiger partial charge in [0.2, 0.25) is 0 Å². The summed E-state index contributed by atoms with van der Waals surface area (Å²) in [6.07, 6.45) is 0. The molecule has 0 N–H and O–H groups in total. The summed E-state index contributed by atoms with van der Waals surface area (Å²) in [4.78, 5) is 15.1. The summed E-state index contributed by atoms with van der Waals surface area (Å²) < 4.78 is 1.72. The largest absolute Gasteiger partial charge is 0.269 e. The number of nitrogens with zero attached hydrogens (tertiary/aromatic N) is 4. The van der Waals surface area contributed by atoms with E-state index in [0.717, 1.165) is 33.3 Å². The van der Waals surface area contributed by atoms with Gasteiger partial charge in [-0.1, -0.05) is 18.2 Å². The molecule has 0 saturated carbocycles. The van der Waals surface area contributed by atoms with E-state index in [0.29, 0.717) is 0 Å². The van der Waals surface area contributed by atoms with Crippen molar-refractivity contribution < 1.29 is 4.92 Å². The van der Waals surface area contributed by atoms with Crippen LogP contribution in [0.15, 0.2) is 54.6 Å². The second-order valence-electron chi connectivity index (χ2n) is 5.32. The van der Waals surface area contributed by atoms with Gasteiger partial charge in [0.15, 0.2) is 5.65 Å². The van der Waals surface area contributed by atoms with Gasteiger partial charge in [-0.15, -0.1) is 0 Å². The Kier molecular flexibility index (Phi) is 2.84. The van der Waals surface area contributed by atoms with Gasteiger partial charge in [0.1, 0.15) is 0 Å². The van der Waals surface area contributed by atoms with E-state index in [1.165, 1.54) is 12.1 Å². The first kappa shape index (κ1) is 13.4. The van der Waals surface area contributed by atoms with E-state index in [2.05, 4.69) is 11.2 Å². The predicted molar refractivity (Wildman–Crippen MR) is 87.8 cm³/mol. The number of pyridine rings is 1. The first-order valence-corrected chi connectivity index (χ1v) is 7.13. The second kappa shape index (κ2) is 4.88. The molecule has 0 unspecified atom stereocenters. The maximum absolute atomic E-state index is 10.8. The molecule has 0 aliphatic carbocycles. The molecule has 4 aromatic rings. The van der Waals surface area contributed by atoms with Crippen LogP contribution < -0.4 is 0 Å². The van der Waals surface area contributed by atoms with Crippen molar-refractivity contribution in [3.05, 3.63) is 70.4 Å². The first-order valence-electron chi connectivity index (χ1n) is 7.13. The Bertz CT molecular complexity index is 1050. The van der Waals surface area contributed by atoms with E-state index in [9.17, 15) is 10.1 Å². The fourth-order valence-corrected chi connectivity index (χ4v) is 2.68. The molecule has 0 bridgehead atoms.